The number of rotatable bonds is 4. The minimum absolute atomic E-state index is 0.0742. The number of benzene rings is 2. The molecule has 21 heavy (non-hydrogen) atoms. The predicted octanol–water partition coefficient (Wildman–Crippen LogP) is 4.19. The molecule has 0 unspecified atom stereocenters. The van der Waals surface area contributed by atoms with Gasteiger partial charge in [-0.25, -0.2) is 9.18 Å². The van der Waals surface area contributed by atoms with Crippen molar-refractivity contribution in [3.05, 3.63) is 63.9 Å². The molecule has 0 aliphatic heterocycles. The summed E-state index contributed by atoms with van der Waals surface area (Å²) in [6.07, 6.45) is 0. The Bertz CT molecular complexity index is 673. The normalized spacial score (nSPS) is 10.3. The molecule has 0 aliphatic carbocycles. The van der Waals surface area contributed by atoms with E-state index in [2.05, 4.69) is 10.1 Å². The molecule has 2 rings (SSSR count). The third-order valence-corrected chi connectivity index (χ3v) is 3.37. The minimum Gasteiger partial charge on any atom is -0.465 e. The van der Waals surface area contributed by atoms with Crippen LogP contribution in [0, 0.1) is 12.7 Å². The fourth-order valence-corrected chi connectivity index (χ4v) is 2.10. The van der Waals surface area contributed by atoms with Crippen LogP contribution in [-0.4, -0.2) is 13.1 Å². The Kier molecular flexibility index (Phi) is 4.81. The number of halogens is 2. The van der Waals surface area contributed by atoms with Gasteiger partial charge in [0, 0.05) is 6.54 Å². The second-order valence-corrected chi connectivity index (χ2v) is 5.05. The van der Waals surface area contributed by atoms with Gasteiger partial charge in [0.1, 0.15) is 5.82 Å². The van der Waals surface area contributed by atoms with Crippen LogP contribution in [0.15, 0.2) is 36.4 Å². The predicted molar refractivity (Wildman–Crippen MR) is 81.3 cm³/mol. The van der Waals surface area contributed by atoms with Crippen molar-refractivity contribution in [2.45, 2.75) is 13.5 Å². The summed E-state index contributed by atoms with van der Waals surface area (Å²) >= 11 is 6.08. The van der Waals surface area contributed by atoms with Crippen LogP contribution in [0.2, 0.25) is 5.02 Å². The summed E-state index contributed by atoms with van der Waals surface area (Å²) in [6, 6.07) is 10.0. The topological polar surface area (TPSA) is 38.3 Å². The molecule has 0 amide bonds. The zero-order valence-electron chi connectivity index (χ0n) is 11.7. The van der Waals surface area contributed by atoms with Crippen molar-refractivity contribution in [2.75, 3.05) is 12.4 Å². The summed E-state index contributed by atoms with van der Waals surface area (Å²) in [5, 5.41) is 3.75. The van der Waals surface area contributed by atoms with E-state index < -0.39 is 11.8 Å². The lowest BCUT2D eigenvalue weighted by Gasteiger charge is -2.10. The van der Waals surface area contributed by atoms with E-state index in [1.807, 2.05) is 19.1 Å². The van der Waals surface area contributed by atoms with Crippen molar-refractivity contribution < 1.29 is 13.9 Å². The number of carbonyl (C=O) groups is 1. The molecule has 2 aromatic carbocycles. The number of nitrogens with one attached hydrogen (secondary N) is 1. The van der Waals surface area contributed by atoms with Gasteiger partial charge >= 0.3 is 5.97 Å². The van der Waals surface area contributed by atoms with Gasteiger partial charge in [0.15, 0.2) is 0 Å². The van der Waals surface area contributed by atoms with Gasteiger partial charge in [0.05, 0.1) is 23.4 Å². The molecule has 0 saturated carbocycles. The standard InChI is InChI=1S/C16H15ClFNO2/c1-10-3-6-13(17)15(7-10)19-9-11-4-5-12(14(18)8-11)16(20)21-2/h3-8,19H,9H2,1-2H3. The van der Waals surface area contributed by atoms with Gasteiger partial charge in [0.2, 0.25) is 0 Å². The molecule has 0 aromatic heterocycles. The summed E-state index contributed by atoms with van der Waals surface area (Å²) in [4.78, 5) is 11.3. The van der Waals surface area contributed by atoms with Crippen LogP contribution in [0.25, 0.3) is 0 Å². The number of methoxy groups -OCH3 is 1. The third kappa shape index (κ3) is 3.73. The highest BCUT2D eigenvalue weighted by molar-refractivity contribution is 6.33. The van der Waals surface area contributed by atoms with Gasteiger partial charge in [-0.05, 0) is 42.3 Å². The molecule has 0 atom stereocenters. The van der Waals surface area contributed by atoms with E-state index in [0.29, 0.717) is 17.1 Å². The maximum atomic E-state index is 13.8. The summed E-state index contributed by atoms with van der Waals surface area (Å²) in [7, 11) is 1.22. The first-order valence-electron chi connectivity index (χ1n) is 6.38. The Morgan fingerprint density at radius 3 is 2.71 bits per heavy atom. The number of anilines is 1. The van der Waals surface area contributed by atoms with E-state index in [9.17, 15) is 9.18 Å². The van der Waals surface area contributed by atoms with Gasteiger partial charge in [0.25, 0.3) is 0 Å². The number of ether oxygens (including phenoxy) is 1. The molecule has 0 heterocycles. The Morgan fingerprint density at radius 2 is 2.05 bits per heavy atom. The zero-order valence-corrected chi connectivity index (χ0v) is 12.5. The average Bonchev–Trinajstić information content (AvgIpc) is 2.47. The van der Waals surface area contributed by atoms with E-state index in [-0.39, 0.29) is 5.56 Å². The highest BCUT2D eigenvalue weighted by Crippen LogP contribution is 2.23. The first-order valence-corrected chi connectivity index (χ1v) is 6.76. The lowest BCUT2D eigenvalue weighted by molar-refractivity contribution is 0.0595. The summed E-state index contributed by atoms with van der Waals surface area (Å²) in [5.41, 5.74) is 2.50. The van der Waals surface area contributed by atoms with E-state index in [1.165, 1.54) is 19.2 Å². The quantitative estimate of drug-likeness (QED) is 0.861. The number of hydrogen-bond acceptors (Lipinski definition) is 3. The monoisotopic (exact) mass is 307 g/mol. The van der Waals surface area contributed by atoms with E-state index >= 15 is 0 Å². The first-order chi connectivity index (χ1) is 10.0. The van der Waals surface area contributed by atoms with Crippen LogP contribution in [0.5, 0.6) is 0 Å². The molecule has 0 fully saturated rings. The van der Waals surface area contributed by atoms with Crippen LogP contribution >= 0.6 is 11.6 Å². The lowest BCUT2D eigenvalue weighted by atomic mass is 10.1. The largest absolute Gasteiger partial charge is 0.465 e. The number of aryl methyl sites for hydroxylation is 1. The van der Waals surface area contributed by atoms with E-state index in [0.717, 1.165) is 11.3 Å². The lowest BCUT2D eigenvalue weighted by Crippen LogP contribution is -2.06. The average molecular weight is 308 g/mol. The second-order valence-electron chi connectivity index (χ2n) is 4.64. The van der Waals surface area contributed by atoms with Crippen molar-refractivity contribution in [2.24, 2.45) is 0 Å². The fourth-order valence-electron chi connectivity index (χ4n) is 1.92. The summed E-state index contributed by atoms with van der Waals surface area (Å²) in [5.74, 6) is -1.29. The highest BCUT2D eigenvalue weighted by atomic mass is 35.5. The third-order valence-electron chi connectivity index (χ3n) is 3.04. The van der Waals surface area contributed by atoms with Crippen molar-refractivity contribution in [3.63, 3.8) is 0 Å². The van der Waals surface area contributed by atoms with Gasteiger partial charge in [-0.1, -0.05) is 23.7 Å². The van der Waals surface area contributed by atoms with Crippen LogP contribution in [0.1, 0.15) is 21.5 Å². The SMILES string of the molecule is COC(=O)c1ccc(CNc2cc(C)ccc2Cl)cc1F. The Morgan fingerprint density at radius 1 is 1.29 bits per heavy atom. The molecule has 3 nitrogen and oxygen atoms in total. The maximum absolute atomic E-state index is 13.8. The minimum atomic E-state index is -0.686. The Hall–Kier alpha value is -2.07. The van der Waals surface area contributed by atoms with Crippen LogP contribution in [-0.2, 0) is 11.3 Å². The summed E-state index contributed by atoms with van der Waals surface area (Å²) in [6.45, 7) is 2.37. The molecule has 110 valence electrons. The highest BCUT2D eigenvalue weighted by Gasteiger charge is 2.12. The summed E-state index contributed by atoms with van der Waals surface area (Å²) < 4.78 is 18.3. The second kappa shape index (κ2) is 6.59. The molecular weight excluding hydrogens is 293 g/mol. The van der Waals surface area contributed by atoms with Crippen LogP contribution in [0.3, 0.4) is 0 Å². The van der Waals surface area contributed by atoms with Crippen molar-refractivity contribution in [1.29, 1.82) is 0 Å². The van der Waals surface area contributed by atoms with Gasteiger partial charge in [-0.3, -0.25) is 0 Å². The van der Waals surface area contributed by atoms with E-state index in [4.69, 9.17) is 11.6 Å². The first kappa shape index (κ1) is 15.3. The molecular formula is C16H15ClFNO2. The number of hydrogen-bond donors (Lipinski definition) is 1. The smallest absolute Gasteiger partial charge is 0.340 e. The Labute approximate surface area is 127 Å². The zero-order chi connectivity index (χ0) is 15.4. The molecule has 1 N–H and O–H groups in total. The number of esters is 1. The molecule has 0 saturated heterocycles. The van der Waals surface area contributed by atoms with Gasteiger partial charge < -0.3 is 10.1 Å². The molecule has 0 bridgehead atoms. The van der Waals surface area contributed by atoms with Crippen molar-refractivity contribution >= 4 is 23.3 Å². The molecule has 5 heteroatoms. The van der Waals surface area contributed by atoms with Crippen molar-refractivity contribution in [3.8, 4) is 0 Å². The Balaban J connectivity index is 2.12. The van der Waals surface area contributed by atoms with Crippen LogP contribution in [0.4, 0.5) is 10.1 Å². The molecule has 2 aromatic rings. The van der Waals surface area contributed by atoms with Crippen molar-refractivity contribution in [1.82, 2.24) is 0 Å². The molecule has 0 radical (unpaired) electrons. The fraction of sp³-hybridized carbons (Fsp3) is 0.188. The van der Waals surface area contributed by atoms with Gasteiger partial charge in [-0.15, -0.1) is 0 Å². The van der Waals surface area contributed by atoms with Crippen LogP contribution < -0.4 is 5.32 Å². The molecule has 0 spiro atoms. The van der Waals surface area contributed by atoms with Gasteiger partial charge in [-0.2, -0.15) is 0 Å². The number of carbonyl (C=O) groups excluding carboxylic acids is 1. The maximum Gasteiger partial charge on any atom is 0.340 e. The van der Waals surface area contributed by atoms with E-state index in [1.54, 1.807) is 12.1 Å². The molecule has 0 aliphatic rings.